The number of benzene rings is 1. The monoisotopic (exact) mass is 332 g/mol. The maximum Gasteiger partial charge on any atom is 0.320 e. The lowest BCUT2D eigenvalue weighted by Crippen LogP contribution is -2.44. The van der Waals surface area contributed by atoms with Gasteiger partial charge in [0.25, 0.3) is 11.8 Å². The molecule has 24 heavy (non-hydrogen) atoms. The second-order valence-corrected chi connectivity index (χ2v) is 6.20. The molecule has 1 aromatic carbocycles. The highest BCUT2D eigenvalue weighted by Crippen LogP contribution is 2.22. The van der Waals surface area contributed by atoms with Gasteiger partial charge in [-0.25, -0.2) is 0 Å². The zero-order valence-electron chi connectivity index (χ0n) is 14.1. The molecular weight excluding hydrogens is 308 g/mol. The molecule has 1 aliphatic heterocycles. The molecule has 0 bridgehead atoms. The predicted molar refractivity (Wildman–Crippen MR) is 90.0 cm³/mol. The third-order valence-corrected chi connectivity index (χ3v) is 4.29. The third-order valence-electron chi connectivity index (χ3n) is 4.29. The summed E-state index contributed by atoms with van der Waals surface area (Å²) in [5.74, 6) is -1.41. The van der Waals surface area contributed by atoms with E-state index in [4.69, 9.17) is 0 Å². The molecule has 0 aromatic heterocycles. The van der Waals surface area contributed by atoms with Crippen molar-refractivity contribution >= 4 is 17.8 Å². The molecule has 2 atom stereocenters. The Bertz CT molecular complexity index is 594. The summed E-state index contributed by atoms with van der Waals surface area (Å²) in [5.41, 5.74) is 0.879. The van der Waals surface area contributed by atoms with Crippen molar-refractivity contribution in [1.82, 2.24) is 10.2 Å². The Morgan fingerprint density at radius 3 is 2.25 bits per heavy atom. The second-order valence-electron chi connectivity index (χ2n) is 6.20. The van der Waals surface area contributed by atoms with Crippen LogP contribution in [0.4, 0.5) is 0 Å². The molecule has 0 aliphatic carbocycles. The minimum atomic E-state index is -0.865. The molecular formula is C18H24N2O4. The van der Waals surface area contributed by atoms with Crippen LogP contribution < -0.4 is 5.32 Å². The van der Waals surface area contributed by atoms with E-state index in [0.717, 1.165) is 12.8 Å². The number of aliphatic carboxylic acids is 1. The number of fused-ring (bicyclic) bond motifs is 1. The summed E-state index contributed by atoms with van der Waals surface area (Å²) in [6.45, 7) is 4.17. The van der Waals surface area contributed by atoms with Crippen molar-refractivity contribution in [3.8, 4) is 0 Å². The number of nitrogens with one attached hydrogen (secondary N) is 1. The van der Waals surface area contributed by atoms with E-state index in [1.165, 1.54) is 4.90 Å². The summed E-state index contributed by atoms with van der Waals surface area (Å²) >= 11 is 0. The molecule has 1 aromatic rings. The van der Waals surface area contributed by atoms with Crippen molar-refractivity contribution in [2.24, 2.45) is 0 Å². The Morgan fingerprint density at radius 1 is 1.17 bits per heavy atom. The van der Waals surface area contributed by atoms with E-state index < -0.39 is 12.0 Å². The summed E-state index contributed by atoms with van der Waals surface area (Å²) in [7, 11) is 0. The lowest BCUT2D eigenvalue weighted by atomic mass is 10.1. The van der Waals surface area contributed by atoms with Crippen LogP contribution >= 0.6 is 0 Å². The number of unbranched alkanes of at least 4 members (excludes halogenated alkanes) is 1. The Balaban J connectivity index is 1.90. The van der Waals surface area contributed by atoms with Gasteiger partial charge >= 0.3 is 5.97 Å². The van der Waals surface area contributed by atoms with Crippen molar-refractivity contribution in [3.63, 3.8) is 0 Å². The maximum atomic E-state index is 12.3. The number of carboxylic acid groups (broad SMARTS) is 1. The molecule has 6 nitrogen and oxygen atoms in total. The van der Waals surface area contributed by atoms with Crippen LogP contribution in [0.15, 0.2) is 24.3 Å². The van der Waals surface area contributed by atoms with E-state index in [-0.39, 0.29) is 24.4 Å². The molecule has 2 unspecified atom stereocenters. The molecule has 0 saturated carbocycles. The smallest absolute Gasteiger partial charge is 0.320 e. The van der Waals surface area contributed by atoms with Crippen LogP contribution in [-0.2, 0) is 4.79 Å². The molecule has 2 N–H and O–H groups in total. The van der Waals surface area contributed by atoms with Crippen LogP contribution in [0.5, 0.6) is 0 Å². The van der Waals surface area contributed by atoms with Crippen LogP contribution in [0.3, 0.4) is 0 Å². The normalized spacial score (nSPS) is 16.2. The fourth-order valence-corrected chi connectivity index (χ4v) is 2.88. The van der Waals surface area contributed by atoms with E-state index in [1.807, 2.05) is 13.8 Å². The number of hydrogen-bond donors (Lipinski definition) is 2. The molecule has 130 valence electrons. The van der Waals surface area contributed by atoms with E-state index in [9.17, 15) is 19.5 Å². The van der Waals surface area contributed by atoms with Crippen molar-refractivity contribution in [1.29, 1.82) is 0 Å². The SMILES string of the molecule is CCCCC(NC(C)CCN1C(=O)c2ccccc2C1=O)C(=O)O. The van der Waals surface area contributed by atoms with Gasteiger partial charge in [0, 0.05) is 12.6 Å². The summed E-state index contributed by atoms with van der Waals surface area (Å²) in [6.07, 6.45) is 2.87. The lowest BCUT2D eigenvalue weighted by molar-refractivity contribution is -0.139. The van der Waals surface area contributed by atoms with Crippen LogP contribution in [0.2, 0.25) is 0 Å². The number of hydrogen-bond acceptors (Lipinski definition) is 4. The van der Waals surface area contributed by atoms with Gasteiger partial charge in [-0.1, -0.05) is 31.9 Å². The summed E-state index contributed by atoms with van der Waals surface area (Å²) < 4.78 is 0. The van der Waals surface area contributed by atoms with E-state index in [0.29, 0.717) is 24.0 Å². The van der Waals surface area contributed by atoms with E-state index in [2.05, 4.69) is 5.32 Å². The average Bonchev–Trinajstić information content (AvgIpc) is 2.81. The molecule has 1 heterocycles. The fraction of sp³-hybridized carbons (Fsp3) is 0.500. The molecule has 0 fully saturated rings. The van der Waals surface area contributed by atoms with Gasteiger partial charge < -0.3 is 10.4 Å². The Hall–Kier alpha value is -2.21. The van der Waals surface area contributed by atoms with Crippen LogP contribution in [0.25, 0.3) is 0 Å². The number of nitrogens with zero attached hydrogens (tertiary/aromatic N) is 1. The maximum absolute atomic E-state index is 12.3. The number of amides is 2. The predicted octanol–water partition coefficient (Wildman–Crippen LogP) is 2.29. The summed E-state index contributed by atoms with van der Waals surface area (Å²) in [6, 6.07) is 6.09. The second kappa shape index (κ2) is 8.06. The highest BCUT2D eigenvalue weighted by atomic mass is 16.4. The first-order valence-electron chi connectivity index (χ1n) is 8.39. The number of carbonyl (C=O) groups excluding carboxylic acids is 2. The molecule has 2 amide bonds. The fourth-order valence-electron chi connectivity index (χ4n) is 2.88. The molecule has 2 rings (SSSR count). The third kappa shape index (κ3) is 4.00. The first kappa shape index (κ1) is 18.1. The van der Waals surface area contributed by atoms with Crippen molar-refractivity contribution < 1.29 is 19.5 Å². The van der Waals surface area contributed by atoms with Gasteiger partial charge in [0.05, 0.1) is 11.1 Å². The average molecular weight is 332 g/mol. The largest absolute Gasteiger partial charge is 0.480 e. The molecule has 6 heteroatoms. The zero-order valence-corrected chi connectivity index (χ0v) is 14.1. The van der Waals surface area contributed by atoms with Crippen LogP contribution in [0.1, 0.15) is 60.2 Å². The van der Waals surface area contributed by atoms with Crippen LogP contribution in [-0.4, -0.2) is 46.4 Å². The number of rotatable bonds is 9. The highest BCUT2D eigenvalue weighted by Gasteiger charge is 2.34. The molecule has 0 spiro atoms. The van der Waals surface area contributed by atoms with Gasteiger partial charge in [-0.3, -0.25) is 19.3 Å². The first-order valence-corrected chi connectivity index (χ1v) is 8.39. The highest BCUT2D eigenvalue weighted by molar-refractivity contribution is 6.21. The molecule has 0 saturated heterocycles. The number of carboxylic acids is 1. The standard InChI is InChI=1S/C18H24N2O4/c1-3-4-9-15(18(23)24)19-12(2)10-11-20-16(21)13-7-5-6-8-14(13)17(20)22/h5-8,12,15,19H,3-4,9-11H2,1-2H3,(H,23,24). The van der Waals surface area contributed by atoms with Gasteiger partial charge in [0.15, 0.2) is 0 Å². The Labute approximate surface area is 141 Å². The van der Waals surface area contributed by atoms with E-state index >= 15 is 0 Å². The van der Waals surface area contributed by atoms with E-state index in [1.54, 1.807) is 24.3 Å². The van der Waals surface area contributed by atoms with Crippen molar-refractivity contribution in [3.05, 3.63) is 35.4 Å². The first-order chi connectivity index (χ1) is 11.5. The number of imide groups is 1. The molecule has 1 aliphatic rings. The Morgan fingerprint density at radius 2 is 1.75 bits per heavy atom. The number of carbonyl (C=O) groups is 3. The van der Waals surface area contributed by atoms with Gasteiger partial charge in [-0.15, -0.1) is 0 Å². The Kier molecular flexibility index (Phi) is 6.09. The summed E-state index contributed by atoms with van der Waals surface area (Å²) in [5, 5.41) is 12.3. The van der Waals surface area contributed by atoms with Gasteiger partial charge in [0.2, 0.25) is 0 Å². The van der Waals surface area contributed by atoms with Crippen molar-refractivity contribution in [2.45, 2.75) is 51.6 Å². The van der Waals surface area contributed by atoms with Crippen LogP contribution in [0, 0.1) is 0 Å². The minimum absolute atomic E-state index is 0.104. The van der Waals surface area contributed by atoms with Gasteiger partial charge in [-0.2, -0.15) is 0 Å². The lowest BCUT2D eigenvalue weighted by Gasteiger charge is -2.22. The van der Waals surface area contributed by atoms with Gasteiger partial charge in [0.1, 0.15) is 6.04 Å². The van der Waals surface area contributed by atoms with Crippen molar-refractivity contribution in [2.75, 3.05) is 6.54 Å². The minimum Gasteiger partial charge on any atom is -0.480 e. The quantitative estimate of drug-likeness (QED) is 0.678. The topological polar surface area (TPSA) is 86.7 Å². The summed E-state index contributed by atoms with van der Waals surface area (Å²) in [4.78, 5) is 37.1. The zero-order chi connectivity index (χ0) is 17.7. The molecule has 0 radical (unpaired) electrons. The van der Waals surface area contributed by atoms with Gasteiger partial charge in [-0.05, 0) is 31.9 Å².